The summed E-state index contributed by atoms with van der Waals surface area (Å²) in [6.07, 6.45) is 6.03. The summed E-state index contributed by atoms with van der Waals surface area (Å²) in [5, 5.41) is 0. The van der Waals surface area contributed by atoms with Crippen LogP contribution in [0.15, 0.2) is 27.2 Å². The monoisotopic (exact) mass is 199 g/mol. The third kappa shape index (κ3) is 1.57. The van der Waals surface area contributed by atoms with E-state index in [4.69, 9.17) is 0 Å². The highest BCUT2D eigenvalue weighted by Crippen LogP contribution is 2.17. The van der Waals surface area contributed by atoms with Crippen LogP contribution in [0.3, 0.4) is 0 Å². The number of dihydropyridines is 1. The van der Waals surface area contributed by atoms with Gasteiger partial charge < -0.3 is 0 Å². The molecule has 2 heteroatoms. The fourth-order valence-electron chi connectivity index (χ4n) is 0.911. The van der Waals surface area contributed by atoms with Crippen molar-refractivity contribution in [2.75, 3.05) is 0 Å². The zero-order valence-electron chi connectivity index (χ0n) is 6.13. The smallest absolute Gasteiger partial charge is 0.0718 e. The van der Waals surface area contributed by atoms with Crippen molar-refractivity contribution in [2.45, 2.75) is 19.9 Å². The van der Waals surface area contributed by atoms with Crippen LogP contribution < -0.4 is 0 Å². The van der Waals surface area contributed by atoms with Gasteiger partial charge in [0.05, 0.1) is 6.04 Å². The van der Waals surface area contributed by atoms with Crippen molar-refractivity contribution < 1.29 is 0 Å². The minimum atomic E-state index is 0.325. The Hall–Kier alpha value is -0.370. The Morgan fingerprint density at radius 2 is 2.40 bits per heavy atom. The second-order valence-electron chi connectivity index (χ2n) is 2.27. The molecule has 0 radical (unpaired) electrons. The summed E-state index contributed by atoms with van der Waals surface area (Å²) in [5.41, 5.74) is 1.27. The lowest BCUT2D eigenvalue weighted by atomic mass is 10.1. The van der Waals surface area contributed by atoms with Crippen LogP contribution in [0.1, 0.15) is 13.8 Å². The summed E-state index contributed by atoms with van der Waals surface area (Å²) < 4.78 is 1.05. The maximum atomic E-state index is 4.25. The molecule has 0 saturated carbocycles. The average Bonchev–Trinajstić information content (AvgIpc) is 1.94. The van der Waals surface area contributed by atoms with Crippen molar-refractivity contribution in [3.8, 4) is 0 Å². The molecule has 0 aromatic heterocycles. The number of allylic oxidation sites excluding steroid dienone is 2. The molecule has 1 heterocycles. The van der Waals surface area contributed by atoms with E-state index in [1.807, 2.05) is 13.1 Å². The number of nitrogens with zero attached hydrogens (tertiary/aromatic N) is 1. The fourth-order valence-corrected chi connectivity index (χ4v) is 1.29. The highest BCUT2D eigenvalue weighted by Gasteiger charge is 2.06. The fraction of sp³-hybridized carbons (Fsp3) is 0.375. The Balaban J connectivity index is 2.88. The maximum Gasteiger partial charge on any atom is 0.0718 e. The lowest BCUT2D eigenvalue weighted by molar-refractivity contribution is 0.883. The number of aliphatic imine (C=N–C) groups is 1. The van der Waals surface area contributed by atoms with Gasteiger partial charge in [0.2, 0.25) is 0 Å². The molecule has 0 aliphatic carbocycles. The Bertz CT molecular complexity index is 213. The zero-order valence-corrected chi connectivity index (χ0v) is 7.72. The van der Waals surface area contributed by atoms with Gasteiger partial charge in [-0.15, -0.1) is 0 Å². The van der Waals surface area contributed by atoms with E-state index < -0.39 is 0 Å². The second-order valence-corrected chi connectivity index (χ2v) is 3.19. The van der Waals surface area contributed by atoms with Gasteiger partial charge in [-0.25, -0.2) is 0 Å². The minimum absolute atomic E-state index is 0.325. The van der Waals surface area contributed by atoms with Gasteiger partial charge in [-0.05, 0) is 41.4 Å². The Kier molecular flexibility index (Phi) is 2.44. The summed E-state index contributed by atoms with van der Waals surface area (Å²) >= 11 is 3.37. The van der Waals surface area contributed by atoms with E-state index in [1.54, 1.807) is 0 Å². The standard InChI is InChI=1S/C8H10BrN/c1-3-7-4-8(9)5-10-6(7)2/h3-6H,1-2H3. The summed E-state index contributed by atoms with van der Waals surface area (Å²) in [7, 11) is 0. The zero-order chi connectivity index (χ0) is 7.56. The van der Waals surface area contributed by atoms with Gasteiger partial charge in [-0.2, -0.15) is 0 Å². The van der Waals surface area contributed by atoms with Crippen molar-refractivity contribution in [1.82, 2.24) is 0 Å². The molecule has 0 saturated heterocycles. The van der Waals surface area contributed by atoms with Gasteiger partial charge in [-0.1, -0.05) is 6.08 Å². The van der Waals surface area contributed by atoms with Crippen LogP contribution in [0.5, 0.6) is 0 Å². The molecule has 54 valence electrons. The molecule has 10 heavy (non-hydrogen) atoms. The largest absolute Gasteiger partial charge is 0.284 e. The topological polar surface area (TPSA) is 12.4 Å². The predicted molar refractivity (Wildman–Crippen MR) is 48.7 cm³/mol. The molecular weight excluding hydrogens is 190 g/mol. The first-order chi connectivity index (χ1) is 4.74. The van der Waals surface area contributed by atoms with E-state index in [9.17, 15) is 0 Å². The summed E-state index contributed by atoms with van der Waals surface area (Å²) in [6, 6.07) is 0.325. The maximum absolute atomic E-state index is 4.25. The van der Waals surface area contributed by atoms with Crippen molar-refractivity contribution in [3.63, 3.8) is 0 Å². The lowest BCUT2D eigenvalue weighted by Gasteiger charge is -2.11. The Morgan fingerprint density at radius 1 is 1.70 bits per heavy atom. The molecule has 0 fully saturated rings. The quantitative estimate of drug-likeness (QED) is 0.570. The number of hydrogen-bond donors (Lipinski definition) is 0. The number of rotatable bonds is 0. The average molecular weight is 200 g/mol. The van der Waals surface area contributed by atoms with Crippen LogP contribution in [-0.4, -0.2) is 12.3 Å². The Morgan fingerprint density at radius 3 is 2.90 bits per heavy atom. The first-order valence-electron chi connectivity index (χ1n) is 3.30. The van der Waals surface area contributed by atoms with E-state index in [0.29, 0.717) is 6.04 Å². The van der Waals surface area contributed by atoms with Crippen molar-refractivity contribution in [3.05, 3.63) is 22.2 Å². The second kappa shape index (κ2) is 3.15. The molecule has 1 nitrogen and oxygen atoms in total. The number of halogens is 1. The molecule has 1 atom stereocenters. The molecule has 1 aliphatic heterocycles. The molecule has 0 aromatic rings. The van der Waals surface area contributed by atoms with Crippen LogP contribution in [0.25, 0.3) is 0 Å². The van der Waals surface area contributed by atoms with Crippen molar-refractivity contribution in [2.24, 2.45) is 4.99 Å². The highest BCUT2D eigenvalue weighted by atomic mass is 79.9. The molecule has 0 bridgehead atoms. The molecule has 0 amide bonds. The van der Waals surface area contributed by atoms with Gasteiger partial charge in [-0.3, -0.25) is 4.99 Å². The third-order valence-corrected chi connectivity index (χ3v) is 1.98. The van der Waals surface area contributed by atoms with Crippen LogP contribution in [0, 0.1) is 0 Å². The normalized spacial score (nSPS) is 28.9. The van der Waals surface area contributed by atoms with Gasteiger partial charge in [0, 0.05) is 10.7 Å². The summed E-state index contributed by atoms with van der Waals surface area (Å²) in [4.78, 5) is 4.25. The van der Waals surface area contributed by atoms with Crippen molar-refractivity contribution in [1.29, 1.82) is 0 Å². The molecule has 1 rings (SSSR count). The lowest BCUT2D eigenvalue weighted by Crippen LogP contribution is -2.05. The summed E-state index contributed by atoms with van der Waals surface area (Å²) in [6.45, 7) is 4.12. The highest BCUT2D eigenvalue weighted by molar-refractivity contribution is 9.12. The van der Waals surface area contributed by atoms with Gasteiger partial charge in [0.15, 0.2) is 0 Å². The number of hydrogen-bond acceptors (Lipinski definition) is 1. The third-order valence-electron chi connectivity index (χ3n) is 1.54. The van der Waals surface area contributed by atoms with Crippen LogP contribution in [0.2, 0.25) is 0 Å². The van der Waals surface area contributed by atoms with Gasteiger partial charge in [0.1, 0.15) is 0 Å². The van der Waals surface area contributed by atoms with Gasteiger partial charge >= 0.3 is 0 Å². The summed E-state index contributed by atoms with van der Waals surface area (Å²) in [5.74, 6) is 0. The van der Waals surface area contributed by atoms with Crippen molar-refractivity contribution >= 4 is 22.1 Å². The van der Waals surface area contributed by atoms with E-state index in [1.165, 1.54) is 5.57 Å². The molecule has 0 aromatic carbocycles. The molecule has 1 unspecified atom stereocenters. The molecule has 0 N–H and O–H groups in total. The molecule has 0 spiro atoms. The first-order valence-corrected chi connectivity index (χ1v) is 4.10. The molecular formula is C8H10BrN. The SMILES string of the molecule is CC=C1C=C(Br)C=NC1C. The van der Waals surface area contributed by atoms with E-state index >= 15 is 0 Å². The van der Waals surface area contributed by atoms with E-state index in [2.05, 4.69) is 40.0 Å². The van der Waals surface area contributed by atoms with E-state index in [0.717, 1.165) is 4.48 Å². The minimum Gasteiger partial charge on any atom is -0.284 e. The van der Waals surface area contributed by atoms with Crippen LogP contribution in [-0.2, 0) is 0 Å². The van der Waals surface area contributed by atoms with Gasteiger partial charge in [0.25, 0.3) is 0 Å². The predicted octanol–water partition coefficient (Wildman–Crippen LogP) is 2.68. The van der Waals surface area contributed by atoms with E-state index in [-0.39, 0.29) is 0 Å². The molecule has 1 aliphatic rings. The van der Waals surface area contributed by atoms with Crippen LogP contribution >= 0.6 is 15.9 Å². The van der Waals surface area contributed by atoms with Crippen LogP contribution in [0.4, 0.5) is 0 Å². The first kappa shape index (κ1) is 7.73. The Labute approximate surface area is 69.7 Å².